The van der Waals surface area contributed by atoms with Gasteiger partial charge in [0.2, 0.25) is 0 Å². The maximum atomic E-state index is 12.5. The molecule has 21 heavy (non-hydrogen) atoms. The molecule has 1 aliphatic carbocycles. The number of benzene rings is 1. The average Bonchev–Trinajstić information content (AvgIpc) is 3.30. The molecule has 1 unspecified atom stereocenters. The van der Waals surface area contributed by atoms with Gasteiger partial charge in [-0.1, -0.05) is 18.2 Å². The van der Waals surface area contributed by atoms with Gasteiger partial charge in [-0.3, -0.25) is 5.32 Å². The molecule has 0 radical (unpaired) electrons. The Morgan fingerprint density at radius 3 is 2.62 bits per heavy atom. The molecule has 1 fully saturated rings. The summed E-state index contributed by atoms with van der Waals surface area (Å²) in [6, 6.07) is 7.67. The summed E-state index contributed by atoms with van der Waals surface area (Å²) in [5, 5.41) is 3.40. The zero-order valence-corrected chi connectivity index (χ0v) is 13.1. The highest BCUT2D eigenvalue weighted by atomic mass is 16.5. The van der Waals surface area contributed by atoms with Gasteiger partial charge in [0.25, 0.3) is 0 Å². The van der Waals surface area contributed by atoms with E-state index in [0.717, 1.165) is 17.9 Å². The summed E-state index contributed by atoms with van der Waals surface area (Å²) in [4.78, 5) is 12.5. The van der Waals surface area contributed by atoms with Gasteiger partial charge in [-0.25, -0.2) is 4.79 Å². The predicted molar refractivity (Wildman–Crippen MR) is 82.3 cm³/mol. The lowest BCUT2D eigenvalue weighted by atomic mass is 9.90. The molecule has 0 aromatic heterocycles. The summed E-state index contributed by atoms with van der Waals surface area (Å²) in [7, 11) is 0. The van der Waals surface area contributed by atoms with Gasteiger partial charge in [-0.15, -0.1) is 0 Å². The lowest BCUT2D eigenvalue weighted by molar-refractivity contribution is -0.151. The SMILES string of the molecule is CCOC(=O)C(C)(NCC1CC1)c1ccccc1OCC. The van der Waals surface area contributed by atoms with Crippen molar-refractivity contribution in [3.8, 4) is 5.75 Å². The molecular weight excluding hydrogens is 266 g/mol. The lowest BCUT2D eigenvalue weighted by Crippen LogP contribution is -2.48. The first-order valence-electron chi connectivity index (χ1n) is 7.76. The summed E-state index contributed by atoms with van der Waals surface area (Å²) in [5.41, 5.74) is -0.0318. The van der Waals surface area contributed by atoms with E-state index in [1.807, 2.05) is 45.0 Å². The molecule has 0 spiro atoms. The van der Waals surface area contributed by atoms with Crippen molar-refractivity contribution < 1.29 is 14.3 Å². The summed E-state index contributed by atoms with van der Waals surface area (Å²) in [6.07, 6.45) is 2.47. The number of hydrogen-bond acceptors (Lipinski definition) is 4. The fraction of sp³-hybridized carbons (Fsp3) is 0.588. The normalized spacial score (nSPS) is 17.1. The molecule has 0 amide bonds. The molecule has 116 valence electrons. The second-order valence-electron chi connectivity index (χ2n) is 5.60. The van der Waals surface area contributed by atoms with Crippen LogP contribution in [0.25, 0.3) is 0 Å². The van der Waals surface area contributed by atoms with E-state index in [9.17, 15) is 4.79 Å². The van der Waals surface area contributed by atoms with Crippen molar-refractivity contribution >= 4 is 5.97 Å². The second kappa shape index (κ2) is 6.94. The molecule has 0 heterocycles. The van der Waals surface area contributed by atoms with Crippen molar-refractivity contribution in [3.63, 3.8) is 0 Å². The van der Waals surface area contributed by atoms with Gasteiger partial charge in [-0.05, 0) is 52.1 Å². The highest BCUT2D eigenvalue weighted by molar-refractivity contribution is 5.83. The maximum Gasteiger partial charge on any atom is 0.330 e. The van der Waals surface area contributed by atoms with E-state index >= 15 is 0 Å². The fourth-order valence-corrected chi connectivity index (χ4v) is 2.38. The number of para-hydroxylation sites is 1. The van der Waals surface area contributed by atoms with Crippen LogP contribution < -0.4 is 10.1 Å². The van der Waals surface area contributed by atoms with Gasteiger partial charge >= 0.3 is 5.97 Å². The number of ether oxygens (including phenoxy) is 2. The molecule has 1 aromatic rings. The minimum absolute atomic E-state index is 0.252. The Balaban J connectivity index is 2.30. The van der Waals surface area contributed by atoms with E-state index < -0.39 is 5.54 Å². The summed E-state index contributed by atoms with van der Waals surface area (Å²) in [5.74, 6) is 1.16. The third kappa shape index (κ3) is 3.76. The van der Waals surface area contributed by atoms with Gasteiger partial charge in [0, 0.05) is 5.56 Å². The quantitative estimate of drug-likeness (QED) is 0.748. The zero-order chi connectivity index (χ0) is 15.3. The first kappa shape index (κ1) is 15.8. The summed E-state index contributed by atoms with van der Waals surface area (Å²) >= 11 is 0. The smallest absolute Gasteiger partial charge is 0.330 e. The molecule has 1 atom stereocenters. The van der Waals surface area contributed by atoms with Crippen molar-refractivity contribution in [2.45, 2.75) is 39.2 Å². The third-order valence-corrected chi connectivity index (χ3v) is 3.85. The Labute approximate surface area is 126 Å². The summed E-state index contributed by atoms with van der Waals surface area (Å²) < 4.78 is 11.0. The number of carbonyl (C=O) groups excluding carboxylic acids is 1. The topological polar surface area (TPSA) is 47.6 Å². The van der Waals surface area contributed by atoms with E-state index in [4.69, 9.17) is 9.47 Å². The van der Waals surface area contributed by atoms with Gasteiger partial charge in [-0.2, -0.15) is 0 Å². The van der Waals surface area contributed by atoms with Gasteiger partial charge in [0.15, 0.2) is 0 Å². The first-order valence-corrected chi connectivity index (χ1v) is 7.76. The standard InChI is InChI=1S/C17H25NO3/c1-4-20-15-9-7-6-8-14(15)17(3,16(19)21-5-2)18-12-13-10-11-13/h6-9,13,18H,4-5,10-12H2,1-3H3. The van der Waals surface area contributed by atoms with Crippen molar-refractivity contribution in [3.05, 3.63) is 29.8 Å². The second-order valence-corrected chi connectivity index (χ2v) is 5.60. The van der Waals surface area contributed by atoms with Crippen LogP contribution in [-0.2, 0) is 15.1 Å². The minimum Gasteiger partial charge on any atom is -0.494 e. The van der Waals surface area contributed by atoms with Crippen LogP contribution in [0.5, 0.6) is 5.75 Å². The van der Waals surface area contributed by atoms with Crippen LogP contribution in [0.15, 0.2) is 24.3 Å². The van der Waals surface area contributed by atoms with Crippen LogP contribution in [0.4, 0.5) is 0 Å². The van der Waals surface area contributed by atoms with Crippen LogP contribution in [0.3, 0.4) is 0 Å². The number of rotatable bonds is 8. The molecule has 1 saturated carbocycles. The molecule has 4 nitrogen and oxygen atoms in total. The van der Waals surface area contributed by atoms with Crippen LogP contribution in [-0.4, -0.2) is 25.7 Å². The summed E-state index contributed by atoms with van der Waals surface area (Å²) in [6.45, 7) is 7.42. The van der Waals surface area contributed by atoms with Gasteiger partial charge in [0.05, 0.1) is 13.2 Å². The van der Waals surface area contributed by atoms with Crippen molar-refractivity contribution in [2.24, 2.45) is 5.92 Å². The Morgan fingerprint density at radius 2 is 2.00 bits per heavy atom. The highest BCUT2D eigenvalue weighted by Gasteiger charge is 2.40. The Bertz CT molecular complexity index is 485. The number of nitrogens with one attached hydrogen (secondary N) is 1. The van der Waals surface area contributed by atoms with E-state index in [1.54, 1.807) is 0 Å². The molecular formula is C17H25NO3. The van der Waals surface area contributed by atoms with Crippen LogP contribution in [0.1, 0.15) is 39.2 Å². The average molecular weight is 291 g/mol. The first-order chi connectivity index (χ1) is 10.1. The molecule has 1 N–H and O–H groups in total. The van der Waals surface area contributed by atoms with Gasteiger partial charge in [0.1, 0.15) is 11.3 Å². The number of hydrogen-bond donors (Lipinski definition) is 1. The fourth-order valence-electron chi connectivity index (χ4n) is 2.38. The zero-order valence-electron chi connectivity index (χ0n) is 13.1. The monoisotopic (exact) mass is 291 g/mol. The minimum atomic E-state index is -0.871. The molecule has 1 aromatic carbocycles. The van der Waals surface area contributed by atoms with Crippen molar-refractivity contribution in [2.75, 3.05) is 19.8 Å². The van der Waals surface area contributed by atoms with E-state index in [0.29, 0.717) is 19.1 Å². The number of carbonyl (C=O) groups is 1. The molecule has 0 bridgehead atoms. The van der Waals surface area contributed by atoms with Crippen LogP contribution in [0, 0.1) is 5.92 Å². The maximum absolute atomic E-state index is 12.5. The molecule has 0 aliphatic heterocycles. The Hall–Kier alpha value is -1.55. The molecule has 1 aliphatic rings. The molecule has 0 saturated heterocycles. The van der Waals surface area contributed by atoms with E-state index in [2.05, 4.69) is 5.32 Å². The highest BCUT2D eigenvalue weighted by Crippen LogP contribution is 2.34. The largest absolute Gasteiger partial charge is 0.494 e. The van der Waals surface area contributed by atoms with Crippen LogP contribution in [0.2, 0.25) is 0 Å². The van der Waals surface area contributed by atoms with Crippen molar-refractivity contribution in [1.82, 2.24) is 5.32 Å². The lowest BCUT2D eigenvalue weighted by Gasteiger charge is -2.30. The molecule has 4 heteroatoms. The third-order valence-electron chi connectivity index (χ3n) is 3.85. The number of esters is 1. The van der Waals surface area contributed by atoms with E-state index in [-0.39, 0.29) is 5.97 Å². The Morgan fingerprint density at radius 1 is 1.29 bits per heavy atom. The predicted octanol–water partition coefficient (Wildman–Crippen LogP) is 2.86. The van der Waals surface area contributed by atoms with Crippen LogP contribution >= 0.6 is 0 Å². The van der Waals surface area contributed by atoms with Crippen molar-refractivity contribution in [1.29, 1.82) is 0 Å². The van der Waals surface area contributed by atoms with Gasteiger partial charge < -0.3 is 9.47 Å². The Kier molecular flexibility index (Phi) is 5.23. The van der Waals surface area contributed by atoms with E-state index in [1.165, 1.54) is 12.8 Å². The molecule has 2 rings (SSSR count).